The largest absolute Gasteiger partial charge is 0.457 e. The Balaban J connectivity index is 1.25. The van der Waals surface area contributed by atoms with Gasteiger partial charge in [-0.3, -0.25) is 4.57 Å². The summed E-state index contributed by atoms with van der Waals surface area (Å²) in [6, 6.07) is 45.9. The van der Waals surface area contributed by atoms with E-state index in [2.05, 4.69) is 225 Å². The van der Waals surface area contributed by atoms with Crippen LogP contribution in [0.1, 0.15) is 94.2 Å². The van der Waals surface area contributed by atoms with E-state index in [4.69, 9.17) is 9.72 Å². The number of benzene rings is 5. The van der Waals surface area contributed by atoms with Crippen LogP contribution < -0.4 is 14.5 Å². The molecule has 8 rings (SSSR count). The summed E-state index contributed by atoms with van der Waals surface area (Å²) in [6.07, 6.45) is 1.93. The third-order valence-corrected chi connectivity index (χ3v) is 11.5. The second kappa shape index (κ2) is 14.5. The average molecular weight is 781 g/mol. The fourth-order valence-corrected chi connectivity index (χ4v) is 8.60. The number of fused-ring (bicyclic) bond motifs is 3. The number of anilines is 2. The maximum atomic E-state index is 6.99. The molecule has 0 saturated carbocycles. The van der Waals surface area contributed by atoms with Crippen LogP contribution in [-0.2, 0) is 10.8 Å². The van der Waals surface area contributed by atoms with Gasteiger partial charge in [-0.1, -0.05) is 144 Å². The van der Waals surface area contributed by atoms with Crippen LogP contribution in [0.5, 0.6) is 11.5 Å². The van der Waals surface area contributed by atoms with Gasteiger partial charge in [-0.2, -0.15) is 0 Å². The SMILES string of the molecule is CC(C)(C)C1=C(C(C)(C)C)N(c2cc(Oc3ccc4c5ccccc5n(-c5cc(C(C)(C)C)ccn5)c4c3)cc(C(C)(C)C)c2)CN1c1cccc(-c2ccccc2)c1. The summed E-state index contributed by atoms with van der Waals surface area (Å²) in [7, 11) is 0. The van der Waals surface area contributed by atoms with E-state index >= 15 is 0 Å². The molecule has 0 saturated heterocycles. The highest BCUT2D eigenvalue weighted by molar-refractivity contribution is 6.09. The van der Waals surface area contributed by atoms with E-state index in [0.717, 1.165) is 34.0 Å². The Kier molecular flexibility index (Phi) is 9.81. The van der Waals surface area contributed by atoms with Crippen molar-refractivity contribution < 1.29 is 4.74 Å². The van der Waals surface area contributed by atoms with Gasteiger partial charge in [0.2, 0.25) is 0 Å². The Hall–Kier alpha value is -5.81. The molecule has 0 radical (unpaired) electrons. The zero-order valence-electron chi connectivity index (χ0n) is 37.1. The van der Waals surface area contributed by atoms with Gasteiger partial charge >= 0.3 is 0 Å². The van der Waals surface area contributed by atoms with E-state index in [-0.39, 0.29) is 21.7 Å². The first-order chi connectivity index (χ1) is 27.8. The van der Waals surface area contributed by atoms with Gasteiger partial charge < -0.3 is 14.5 Å². The molecule has 0 fully saturated rings. The second-order valence-corrected chi connectivity index (χ2v) is 20.4. The van der Waals surface area contributed by atoms with Gasteiger partial charge in [-0.05, 0) is 87.7 Å². The van der Waals surface area contributed by atoms with Crippen molar-refractivity contribution in [2.75, 3.05) is 16.5 Å². The number of hydrogen-bond donors (Lipinski definition) is 0. The van der Waals surface area contributed by atoms with Crippen molar-refractivity contribution >= 4 is 33.2 Å². The lowest BCUT2D eigenvalue weighted by Gasteiger charge is -2.34. The Bertz CT molecular complexity index is 2710. The molecule has 0 amide bonds. The van der Waals surface area contributed by atoms with Gasteiger partial charge in [0, 0.05) is 62.7 Å². The van der Waals surface area contributed by atoms with Crippen molar-refractivity contribution in [3.8, 4) is 28.4 Å². The maximum absolute atomic E-state index is 6.99. The first-order valence-electron chi connectivity index (χ1n) is 21.1. The van der Waals surface area contributed by atoms with Crippen LogP contribution in [0.25, 0.3) is 38.8 Å². The first-order valence-corrected chi connectivity index (χ1v) is 21.1. The Morgan fingerprint density at radius 2 is 1.08 bits per heavy atom. The lowest BCUT2D eigenvalue weighted by molar-refractivity contribution is 0.444. The summed E-state index contributed by atoms with van der Waals surface area (Å²) in [6.45, 7) is 28.3. The van der Waals surface area contributed by atoms with E-state index in [9.17, 15) is 0 Å². The predicted octanol–water partition coefficient (Wildman–Crippen LogP) is 14.8. The lowest BCUT2D eigenvalue weighted by atomic mass is 9.81. The van der Waals surface area contributed by atoms with E-state index < -0.39 is 0 Å². The van der Waals surface area contributed by atoms with Crippen LogP contribution in [0.2, 0.25) is 0 Å². The molecule has 5 heteroatoms. The quantitative estimate of drug-likeness (QED) is 0.168. The van der Waals surface area contributed by atoms with E-state index in [1.165, 1.54) is 50.1 Å². The molecule has 3 heterocycles. The van der Waals surface area contributed by atoms with Crippen LogP contribution in [0.3, 0.4) is 0 Å². The molecule has 0 aliphatic carbocycles. The highest BCUT2D eigenvalue weighted by Gasteiger charge is 2.42. The smallest absolute Gasteiger partial charge is 0.137 e. The molecule has 0 N–H and O–H groups in total. The average Bonchev–Trinajstić information content (AvgIpc) is 3.76. The summed E-state index contributed by atoms with van der Waals surface area (Å²) in [4.78, 5) is 9.98. The van der Waals surface area contributed by atoms with E-state index in [1.54, 1.807) is 0 Å². The Morgan fingerprint density at radius 3 is 1.76 bits per heavy atom. The fraction of sp³-hybridized carbons (Fsp3) is 0.315. The van der Waals surface area contributed by atoms with Crippen LogP contribution >= 0.6 is 0 Å². The molecule has 59 heavy (non-hydrogen) atoms. The highest BCUT2D eigenvalue weighted by Crippen LogP contribution is 2.49. The number of ether oxygens (including phenoxy) is 1. The van der Waals surface area contributed by atoms with Crippen molar-refractivity contribution in [3.63, 3.8) is 0 Å². The molecule has 1 aliphatic rings. The molecule has 0 spiro atoms. The van der Waals surface area contributed by atoms with Crippen LogP contribution in [0.4, 0.5) is 11.4 Å². The monoisotopic (exact) mass is 780 g/mol. The van der Waals surface area contributed by atoms with Gasteiger partial charge in [0.05, 0.1) is 17.7 Å². The zero-order valence-corrected chi connectivity index (χ0v) is 37.1. The van der Waals surface area contributed by atoms with Crippen molar-refractivity contribution in [2.24, 2.45) is 10.8 Å². The third-order valence-electron chi connectivity index (χ3n) is 11.5. The molecule has 2 aromatic heterocycles. The molecule has 302 valence electrons. The van der Waals surface area contributed by atoms with Crippen LogP contribution in [0.15, 0.2) is 145 Å². The molecule has 0 atom stereocenters. The molecular weight excluding hydrogens is 721 g/mol. The van der Waals surface area contributed by atoms with Crippen LogP contribution in [-0.4, -0.2) is 16.2 Å². The van der Waals surface area contributed by atoms with Crippen LogP contribution in [0, 0.1) is 10.8 Å². The summed E-state index contributed by atoms with van der Waals surface area (Å²) in [5.41, 5.74) is 11.7. The van der Waals surface area contributed by atoms with E-state index in [0.29, 0.717) is 6.67 Å². The number of aromatic nitrogens is 2. The minimum Gasteiger partial charge on any atom is -0.457 e. The summed E-state index contributed by atoms with van der Waals surface area (Å²) < 4.78 is 9.27. The van der Waals surface area contributed by atoms with Gasteiger partial charge in [0.25, 0.3) is 0 Å². The van der Waals surface area contributed by atoms with Crippen molar-refractivity contribution in [1.82, 2.24) is 9.55 Å². The predicted molar refractivity (Wildman–Crippen MR) is 250 cm³/mol. The summed E-state index contributed by atoms with van der Waals surface area (Å²) in [5.74, 6) is 2.51. The number of nitrogens with zero attached hydrogens (tertiary/aromatic N) is 4. The normalized spacial score (nSPS) is 14.2. The maximum Gasteiger partial charge on any atom is 0.137 e. The molecule has 5 aromatic carbocycles. The molecule has 0 bridgehead atoms. The highest BCUT2D eigenvalue weighted by atomic mass is 16.5. The zero-order chi connectivity index (χ0) is 42.1. The second-order valence-electron chi connectivity index (χ2n) is 20.4. The summed E-state index contributed by atoms with van der Waals surface area (Å²) in [5, 5.41) is 2.36. The molecule has 7 aromatic rings. The van der Waals surface area contributed by atoms with Gasteiger partial charge in [0.1, 0.15) is 17.3 Å². The molecule has 1 aliphatic heterocycles. The number of para-hydroxylation sites is 1. The van der Waals surface area contributed by atoms with Gasteiger partial charge in [-0.25, -0.2) is 4.98 Å². The Labute approximate surface area is 352 Å². The number of allylic oxidation sites excluding steroid dienone is 2. The van der Waals surface area contributed by atoms with Crippen molar-refractivity contribution in [1.29, 1.82) is 0 Å². The topological polar surface area (TPSA) is 33.5 Å². The van der Waals surface area contributed by atoms with Crippen molar-refractivity contribution in [2.45, 2.75) is 93.9 Å². The standard InChI is InChI=1S/C54H60N4O/c1-51(2,3)38-27-28-55-48(32-38)58-46-24-17-16-23-44(46)45-26-25-42(34-47(45)58)59-43-31-39(52(4,5)6)30-41(33-43)57-35-56(49(53(7,8)9)50(57)54(10,11)12)40-22-18-21-37(29-40)36-19-14-13-15-20-36/h13-34H,35H2,1-12H3. The minimum absolute atomic E-state index is 0.00520. The molecular formula is C54H60N4O. The third kappa shape index (κ3) is 7.76. The van der Waals surface area contributed by atoms with Crippen molar-refractivity contribution in [3.05, 3.63) is 156 Å². The molecule has 0 unspecified atom stereocenters. The van der Waals surface area contributed by atoms with Gasteiger partial charge in [-0.15, -0.1) is 0 Å². The minimum atomic E-state index is -0.149. The molecule has 5 nitrogen and oxygen atoms in total. The van der Waals surface area contributed by atoms with E-state index in [1.807, 2.05) is 6.20 Å². The first kappa shape index (κ1) is 40.0. The number of pyridine rings is 1. The fourth-order valence-electron chi connectivity index (χ4n) is 8.60. The number of hydrogen-bond acceptors (Lipinski definition) is 4. The number of rotatable bonds is 6. The van der Waals surface area contributed by atoms with Gasteiger partial charge in [0.15, 0.2) is 0 Å². The lowest BCUT2D eigenvalue weighted by Crippen LogP contribution is -2.31. The summed E-state index contributed by atoms with van der Waals surface area (Å²) >= 11 is 0. The Morgan fingerprint density at radius 1 is 0.458 bits per heavy atom.